The molecule has 5 heteroatoms. The number of aliphatic imine (C=N–C) groups is 1. The van der Waals surface area contributed by atoms with Crippen LogP contribution in [-0.4, -0.2) is 43.1 Å². The summed E-state index contributed by atoms with van der Waals surface area (Å²) in [6.45, 7) is 4.69. The van der Waals surface area contributed by atoms with Crippen molar-refractivity contribution in [2.24, 2.45) is 4.99 Å². The number of amides is 1. The van der Waals surface area contributed by atoms with E-state index in [1.165, 1.54) is 10.0 Å². The zero-order valence-corrected chi connectivity index (χ0v) is 17.2. The van der Waals surface area contributed by atoms with Crippen LogP contribution in [0.25, 0.3) is 6.08 Å². The number of aryl methyl sites for hydroxylation is 1. The number of amidine groups is 1. The van der Waals surface area contributed by atoms with Crippen LogP contribution in [0.4, 0.5) is 0 Å². The summed E-state index contributed by atoms with van der Waals surface area (Å²) in [6.07, 6.45) is 4.03. The van der Waals surface area contributed by atoms with Gasteiger partial charge in [0, 0.05) is 0 Å². The minimum atomic E-state index is 0.0281. The third-order valence-corrected chi connectivity index (χ3v) is 6.55. The van der Waals surface area contributed by atoms with Crippen LogP contribution in [0.2, 0.25) is 0 Å². The number of nitrogens with zero attached hydrogens (tertiary/aromatic N) is 2. The molecule has 2 aliphatic rings. The molecular formula is C22H22N2O2Se. The van der Waals surface area contributed by atoms with Gasteiger partial charge in [0.05, 0.1) is 0 Å². The fourth-order valence-electron chi connectivity index (χ4n) is 2.93. The Hall–Kier alpha value is -2.36. The molecule has 0 bridgehead atoms. The molecule has 0 atom stereocenters. The molecule has 0 N–H and O–H groups in total. The van der Waals surface area contributed by atoms with Crippen molar-refractivity contribution in [1.82, 2.24) is 4.90 Å². The van der Waals surface area contributed by atoms with E-state index in [0.29, 0.717) is 18.3 Å². The summed E-state index contributed by atoms with van der Waals surface area (Å²) < 4.78 is 7.65. The third kappa shape index (κ3) is 4.15. The van der Waals surface area contributed by atoms with Gasteiger partial charge in [-0.15, -0.1) is 0 Å². The fraction of sp³-hybridized carbons (Fsp3) is 0.273. The first-order chi connectivity index (χ1) is 13.1. The van der Waals surface area contributed by atoms with Gasteiger partial charge in [-0.1, -0.05) is 0 Å². The summed E-state index contributed by atoms with van der Waals surface area (Å²) in [4.78, 5) is 19.6. The van der Waals surface area contributed by atoms with Gasteiger partial charge in [-0.05, 0) is 0 Å². The number of carbonyl (C=O) groups excluding carboxylic acids is 1. The minimum absolute atomic E-state index is 0.0281. The Labute approximate surface area is 166 Å². The molecule has 138 valence electrons. The van der Waals surface area contributed by atoms with E-state index in [2.05, 4.69) is 31.2 Å². The maximum atomic E-state index is 12.9. The van der Waals surface area contributed by atoms with E-state index in [4.69, 9.17) is 9.73 Å². The average molecular weight is 425 g/mol. The number of hydrogen-bond donors (Lipinski definition) is 0. The first-order valence-corrected chi connectivity index (χ1v) is 11.0. The predicted molar refractivity (Wildman–Crippen MR) is 109 cm³/mol. The first kappa shape index (κ1) is 18.0. The molecule has 0 aromatic heterocycles. The Bertz CT molecular complexity index is 897. The van der Waals surface area contributed by atoms with Gasteiger partial charge in [0.1, 0.15) is 0 Å². The second kappa shape index (κ2) is 7.71. The van der Waals surface area contributed by atoms with Gasteiger partial charge >= 0.3 is 166 Å². The van der Waals surface area contributed by atoms with Gasteiger partial charge in [-0.3, -0.25) is 0 Å². The van der Waals surface area contributed by atoms with Crippen molar-refractivity contribution >= 4 is 36.1 Å². The van der Waals surface area contributed by atoms with Crippen LogP contribution in [0.5, 0.6) is 5.75 Å². The van der Waals surface area contributed by atoms with Crippen molar-refractivity contribution in [3.05, 3.63) is 65.4 Å². The summed E-state index contributed by atoms with van der Waals surface area (Å²) in [6, 6.07) is 16.6. The number of benzene rings is 2. The summed E-state index contributed by atoms with van der Waals surface area (Å²) in [5, 5.41) is 0. The van der Waals surface area contributed by atoms with Crippen molar-refractivity contribution in [3.63, 3.8) is 0 Å². The van der Waals surface area contributed by atoms with Gasteiger partial charge in [-0.25, -0.2) is 0 Å². The van der Waals surface area contributed by atoms with E-state index in [1.807, 2.05) is 42.2 Å². The van der Waals surface area contributed by atoms with Gasteiger partial charge in [0.15, 0.2) is 0 Å². The molecule has 0 radical (unpaired) electrons. The molecule has 1 heterocycles. The van der Waals surface area contributed by atoms with Crippen LogP contribution < -0.4 is 9.20 Å². The first-order valence-electron chi connectivity index (χ1n) is 9.25. The summed E-state index contributed by atoms with van der Waals surface area (Å²) >= 11 is 0.0281. The second-order valence-corrected chi connectivity index (χ2v) is 8.93. The fourth-order valence-corrected chi connectivity index (χ4v) is 4.94. The molecule has 0 saturated heterocycles. The molecule has 4 nitrogen and oxygen atoms in total. The molecule has 1 fully saturated rings. The summed E-state index contributed by atoms with van der Waals surface area (Å²) in [5.41, 5.74) is 2.74. The van der Waals surface area contributed by atoms with Crippen molar-refractivity contribution in [2.75, 3.05) is 6.61 Å². The SMILES string of the molecule is CCOc1ccc(/C=C2\N=C([Se]c3ccc(C)cc3)N(C3CC3)C2=O)cc1. The molecule has 1 saturated carbocycles. The van der Waals surface area contributed by atoms with Crippen LogP contribution >= 0.6 is 0 Å². The van der Waals surface area contributed by atoms with Crippen molar-refractivity contribution in [2.45, 2.75) is 32.7 Å². The molecule has 0 unspecified atom stereocenters. The average Bonchev–Trinajstić information content (AvgIpc) is 3.45. The monoisotopic (exact) mass is 426 g/mol. The topological polar surface area (TPSA) is 41.9 Å². The van der Waals surface area contributed by atoms with E-state index >= 15 is 0 Å². The molecule has 1 aliphatic heterocycles. The van der Waals surface area contributed by atoms with Crippen molar-refractivity contribution in [3.8, 4) is 5.75 Å². The molecule has 0 spiro atoms. The van der Waals surface area contributed by atoms with E-state index in [1.54, 1.807) is 0 Å². The number of rotatable bonds is 6. The molecule has 1 aliphatic carbocycles. The van der Waals surface area contributed by atoms with Gasteiger partial charge in [-0.2, -0.15) is 0 Å². The van der Waals surface area contributed by atoms with E-state index < -0.39 is 0 Å². The Kier molecular flexibility index (Phi) is 5.15. The maximum absolute atomic E-state index is 12.9. The quantitative estimate of drug-likeness (QED) is 0.527. The number of carbonyl (C=O) groups is 1. The Morgan fingerprint density at radius 2 is 1.85 bits per heavy atom. The number of hydrogen-bond acceptors (Lipinski definition) is 3. The Balaban J connectivity index is 1.59. The van der Waals surface area contributed by atoms with E-state index in [9.17, 15) is 4.79 Å². The molecule has 1 amide bonds. The Morgan fingerprint density at radius 1 is 1.15 bits per heavy atom. The molecule has 27 heavy (non-hydrogen) atoms. The van der Waals surface area contributed by atoms with Crippen molar-refractivity contribution in [1.29, 1.82) is 0 Å². The molecular weight excluding hydrogens is 403 g/mol. The van der Waals surface area contributed by atoms with Gasteiger partial charge in [0.25, 0.3) is 0 Å². The van der Waals surface area contributed by atoms with Crippen LogP contribution in [0.3, 0.4) is 0 Å². The zero-order valence-electron chi connectivity index (χ0n) is 15.5. The van der Waals surface area contributed by atoms with Crippen LogP contribution in [-0.2, 0) is 4.79 Å². The zero-order chi connectivity index (χ0) is 18.8. The van der Waals surface area contributed by atoms with Crippen molar-refractivity contribution < 1.29 is 9.53 Å². The van der Waals surface area contributed by atoms with Crippen LogP contribution in [0.15, 0.2) is 59.2 Å². The predicted octanol–water partition coefficient (Wildman–Crippen LogP) is 3.12. The van der Waals surface area contributed by atoms with Gasteiger partial charge < -0.3 is 0 Å². The van der Waals surface area contributed by atoms with Crippen LogP contribution in [0.1, 0.15) is 30.9 Å². The normalized spacial score (nSPS) is 18.1. The molecule has 4 rings (SSSR count). The number of ether oxygens (including phenoxy) is 1. The molecule has 2 aromatic rings. The van der Waals surface area contributed by atoms with E-state index in [0.717, 1.165) is 28.9 Å². The summed E-state index contributed by atoms with van der Waals surface area (Å²) in [7, 11) is 0. The van der Waals surface area contributed by atoms with Crippen LogP contribution in [0, 0.1) is 6.92 Å². The standard InChI is InChI=1S/C22H22N2O2Se/c1-3-26-18-10-6-16(7-11-18)14-20-21(25)24(17-8-9-17)22(23-20)27-19-12-4-15(2)5-13-19/h4-7,10-14,17H,3,8-9H2,1-2H3/b20-14-. The third-order valence-electron chi connectivity index (χ3n) is 4.50. The van der Waals surface area contributed by atoms with E-state index in [-0.39, 0.29) is 20.9 Å². The summed E-state index contributed by atoms with van der Waals surface area (Å²) in [5.74, 6) is 0.874. The van der Waals surface area contributed by atoms with Gasteiger partial charge in [0.2, 0.25) is 0 Å². The Morgan fingerprint density at radius 3 is 2.48 bits per heavy atom. The second-order valence-electron chi connectivity index (χ2n) is 6.75. The molecule has 2 aromatic carbocycles.